The van der Waals surface area contributed by atoms with Crippen molar-refractivity contribution in [1.29, 1.82) is 5.26 Å². The minimum absolute atomic E-state index is 0.0734. The maximum Gasteiger partial charge on any atom is 0.258 e. The normalized spacial score (nSPS) is 18.2. The highest BCUT2D eigenvalue weighted by Gasteiger charge is 2.23. The summed E-state index contributed by atoms with van der Waals surface area (Å²) in [7, 11) is 1.55. The Morgan fingerprint density at radius 2 is 1.97 bits per heavy atom. The maximum atomic E-state index is 12.4. The number of H-pyrrole nitrogens is 1. The van der Waals surface area contributed by atoms with Crippen LogP contribution in [-0.4, -0.2) is 35.6 Å². The fraction of sp³-hybridized carbons (Fsp3) is 0.393. The molecule has 1 fully saturated rings. The van der Waals surface area contributed by atoms with E-state index in [1.54, 1.807) is 25.3 Å². The van der Waals surface area contributed by atoms with Crippen LogP contribution in [0.5, 0.6) is 11.5 Å². The molecule has 0 radical (unpaired) electrons. The fourth-order valence-corrected chi connectivity index (χ4v) is 4.53. The number of aromatic nitrogens is 2. The second-order valence-corrected chi connectivity index (χ2v) is 9.34. The Bertz CT molecular complexity index is 1260. The number of nitrogens with zero attached hydrogens (tertiary/aromatic N) is 2. The van der Waals surface area contributed by atoms with Crippen LogP contribution >= 0.6 is 0 Å². The molecule has 182 valence electrons. The lowest BCUT2D eigenvalue weighted by Gasteiger charge is -2.29. The highest BCUT2D eigenvalue weighted by molar-refractivity contribution is 5.90. The van der Waals surface area contributed by atoms with Crippen molar-refractivity contribution in [3.63, 3.8) is 0 Å². The van der Waals surface area contributed by atoms with Crippen LogP contribution in [0.4, 0.5) is 0 Å². The molecule has 0 aliphatic heterocycles. The van der Waals surface area contributed by atoms with Crippen molar-refractivity contribution in [3.8, 4) is 17.6 Å². The number of allylic oxidation sites excluding steroid dienone is 1. The molecule has 7 heteroatoms. The highest BCUT2D eigenvalue weighted by atomic mass is 16.5. The van der Waals surface area contributed by atoms with Crippen molar-refractivity contribution in [3.05, 3.63) is 52.8 Å². The standard InChI is InChI=1S/C28H32N4O3/c1-17-7-5-6-8-22(17)30-27(33)16-35-25-10-9-20(14-26(25)34-4)13-21(15-29)28-31-23-11-18(2)19(3)12-24(23)32-28/h9-14,17,22H,5-8,16H2,1-4H3,(H,30,33)(H,31,32)/b21-13+/t17-,22-/m0/s1. The molecular weight excluding hydrogens is 440 g/mol. The number of methoxy groups -OCH3 is 1. The molecule has 2 aromatic carbocycles. The van der Waals surface area contributed by atoms with Crippen molar-refractivity contribution in [1.82, 2.24) is 15.3 Å². The second kappa shape index (κ2) is 10.6. The van der Waals surface area contributed by atoms with Gasteiger partial charge < -0.3 is 19.8 Å². The number of hydrogen-bond donors (Lipinski definition) is 2. The number of rotatable bonds is 7. The lowest BCUT2D eigenvalue weighted by atomic mass is 9.86. The highest BCUT2D eigenvalue weighted by Crippen LogP contribution is 2.30. The van der Waals surface area contributed by atoms with E-state index in [-0.39, 0.29) is 18.6 Å². The summed E-state index contributed by atoms with van der Waals surface area (Å²) in [5, 5.41) is 12.9. The molecule has 0 unspecified atom stereocenters. The van der Waals surface area contributed by atoms with Gasteiger partial charge in [0.05, 0.1) is 23.7 Å². The van der Waals surface area contributed by atoms with E-state index in [0.717, 1.165) is 47.0 Å². The topological polar surface area (TPSA) is 100 Å². The van der Waals surface area contributed by atoms with Crippen LogP contribution in [-0.2, 0) is 4.79 Å². The predicted octanol–water partition coefficient (Wildman–Crippen LogP) is 5.33. The summed E-state index contributed by atoms with van der Waals surface area (Å²) in [6, 6.07) is 11.9. The Balaban J connectivity index is 1.48. The van der Waals surface area contributed by atoms with Gasteiger partial charge in [-0.25, -0.2) is 4.98 Å². The second-order valence-electron chi connectivity index (χ2n) is 9.34. The average Bonchev–Trinajstić information content (AvgIpc) is 3.25. The molecule has 1 saturated carbocycles. The molecule has 1 aliphatic carbocycles. The Morgan fingerprint density at radius 1 is 1.20 bits per heavy atom. The number of aromatic amines is 1. The van der Waals surface area contributed by atoms with E-state index in [1.807, 2.05) is 32.0 Å². The number of benzene rings is 2. The van der Waals surface area contributed by atoms with E-state index >= 15 is 0 Å². The van der Waals surface area contributed by atoms with E-state index < -0.39 is 0 Å². The van der Waals surface area contributed by atoms with Crippen molar-refractivity contribution in [2.75, 3.05) is 13.7 Å². The predicted molar refractivity (Wildman–Crippen MR) is 137 cm³/mol. The number of nitriles is 1. The molecule has 3 aromatic rings. The van der Waals surface area contributed by atoms with E-state index in [2.05, 4.69) is 28.3 Å². The van der Waals surface area contributed by atoms with Crippen LogP contribution in [0.15, 0.2) is 30.3 Å². The zero-order valence-electron chi connectivity index (χ0n) is 20.8. The Hall–Kier alpha value is -3.79. The van der Waals surface area contributed by atoms with Gasteiger partial charge in [-0.1, -0.05) is 25.8 Å². The number of aryl methyl sites for hydroxylation is 2. The first-order valence-electron chi connectivity index (χ1n) is 12.1. The van der Waals surface area contributed by atoms with Gasteiger partial charge in [0.2, 0.25) is 0 Å². The van der Waals surface area contributed by atoms with Crippen molar-refractivity contribution in [2.24, 2.45) is 5.92 Å². The first kappa shape index (κ1) is 24.3. The molecule has 7 nitrogen and oxygen atoms in total. The SMILES string of the molecule is COc1cc(/C=C(\C#N)c2nc3cc(C)c(C)cc3[nH]2)ccc1OCC(=O)N[C@H]1CCCC[C@@H]1C. The molecule has 2 atom stereocenters. The number of ether oxygens (including phenoxy) is 2. The quantitative estimate of drug-likeness (QED) is 0.453. The first-order valence-corrected chi connectivity index (χ1v) is 12.1. The Labute approximate surface area is 206 Å². The third-order valence-electron chi connectivity index (χ3n) is 6.79. The minimum atomic E-state index is -0.128. The number of nitrogens with one attached hydrogen (secondary N) is 2. The van der Waals surface area contributed by atoms with Crippen molar-refractivity contribution < 1.29 is 14.3 Å². The van der Waals surface area contributed by atoms with Crippen LogP contribution in [0, 0.1) is 31.1 Å². The monoisotopic (exact) mass is 472 g/mol. The molecule has 4 rings (SSSR count). The van der Waals surface area contributed by atoms with Gasteiger partial charge in [-0.15, -0.1) is 0 Å². The van der Waals surface area contributed by atoms with Crippen LogP contribution in [0.25, 0.3) is 22.7 Å². The number of carbonyl (C=O) groups excluding carboxylic acids is 1. The maximum absolute atomic E-state index is 12.4. The van der Waals surface area contributed by atoms with Gasteiger partial charge in [0.15, 0.2) is 18.1 Å². The van der Waals surface area contributed by atoms with Crippen LogP contribution < -0.4 is 14.8 Å². The van der Waals surface area contributed by atoms with Gasteiger partial charge >= 0.3 is 0 Å². The molecule has 2 N–H and O–H groups in total. The summed E-state index contributed by atoms with van der Waals surface area (Å²) in [4.78, 5) is 20.3. The average molecular weight is 473 g/mol. The zero-order chi connectivity index (χ0) is 24.9. The lowest BCUT2D eigenvalue weighted by Crippen LogP contribution is -2.43. The Kier molecular flexibility index (Phi) is 7.40. The summed E-state index contributed by atoms with van der Waals surface area (Å²) >= 11 is 0. The zero-order valence-corrected chi connectivity index (χ0v) is 20.8. The number of amides is 1. The smallest absolute Gasteiger partial charge is 0.258 e. The van der Waals surface area contributed by atoms with Crippen LogP contribution in [0.1, 0.15) is 55.1 Å². The third-order valence-corrected chi connectivity index (χ3v) is 6.79. The molecule has 1 aromatic heterocycles. The summed E-state index contributed by atoms with van der Waals surface area (Å²) < 4.78 is 11.2. The van der Waals surface area contributed by atoms with E-state index in [4.69, 9.17) is 9.47 Å². The first-order chi connectivity index (χ1) is 16.9. The van der Waals surface area contributed by atoms with Gasteiger partial charge in [-0.2, -0.15) is 5.26 Å². The van der Waals surface area contributed by atoms with E-state index in [9.17, 15) is 10.1 Å². The third kappa shape index (κ3) is 5.65. The van der Waals surface area contributed by atoms with Crippen LogP contribution in [0.2, 0.25) is 0 Å². The molecule has 0 saturated heterocycles. The number of carbonyl (C=O) groups is 1. The van der Waals surface area contributed by atoms with Gasteiger partial charge in [0.25, 0.3) is 5.91 Å². The van der Waals surface area contributed by atoms with Gasteiger partial charge in [0.1, 0.15) is 11.9 Å². The van der Waals surface area contributed by atoms with Crippen molar-refractivity contribution in [2.45, 2.75) is 52.5 Å². The summed E-state index contributed by atoms with van der Waals surface area (Å²) in [6.45, 7) is 6.20. The van der Waals surface area contributed by atoms with E-state index in [1.165, 1.54) is 6.42 Å². The van der Waals surface area contributed by atoms with Gasteiger partial charge in [-0.05, 0) is 79.6 Å². The van der Waals surface area contributed by atoms with Crippen LogP contribution in [0.3, 0.4) is 0 Å². The minimum Gasteiger partial charge on any atom is -0.493 e. The summed E-state index contributed by atoms with van der Waals surface area (Å²) in [5.74, 6) is 1.84. The Morgan fingerprint density at radius 3 is 2.71 bits per heavy atom. The van der Waals surface area contributed by atoms with Gasteiger partial charge in [-0.3, -0.25) is 4.79 Å². The van der Waals surface area contributed by atoms with Crippen molar-refractivity contribution >= 4 is 28.6 Å². The number of hydrogen-bond acceptors (Lipinski definition) is 5. The number of fused-ring (bicyclic) bond motifs is 1. The molecular formula is C28H32N4O3. The lowest BCUT2D eigenvalue weighted by molar-refractivity contribution is -0.124. The molecule has 0 bridgehead atoms. The van der Waals surface area contributed by atoms with Gasteiger partial charge in [0, 0.05) is 6.04 Å². The number of imidazole rings is 1. The molecule has 1 heterocycles. The fourth-order valence-electron chi connectivity index (χ4n) is 4.53. The van der Waals surface area contributed by atoms with E-state index in [0.29, 0.717) is 28.8 Å². The molecule has 35 heavy (non-hydrogen) atoms. The molecule has 1 aliphatic rings. The molecule has 1 amide bonds. The molecule has 0 spiro atoms. The summed E-state index contributed by atoms with van der Waals surface area (Å²) in [6.07, 6.45) is 6.29. The largest absolute Gasteiger partial charge is 0.493 e. The summed E-state index contributed by atoms with van der Waals surface area (Å²) in [5.41, 5.74) is 5.21.